The molecule has 3 aromatic rings. The molecule has 4 nitrogen and oxygen atoms in total. The van der Waals surface area contributed by atoms with Crippen molar-refractivity contribution in [2.75, 3.05) is 0 Å². The van der Waals surface area contributed by atoms with Gasteiger partial charge >= 0.3 is 5.97 Å². The van der Waals surface area contributed by atoms with Crippen LogP contribution in [0.15, 0.2) is 54.7 Å². The molecule has 0 aliphatic heterocycles. The van der Waals surface area contributed by atoms with Crippen molar-refractivity contribution in [1.82, 2.24) is 9.97 Å². The van der Waals surface area contributed by atoms with Gasteiger partial charge in [-0.1, -0.05) is 63.2 Å². The maximum Gasteiger partial charge on any atom is 0.336 e. The smallest absolute Gasteiger partial charge is 0.336 e. The SMILES string of the molecule is CC(C)(C)c1cnc(CCc2ccc(-c3ccccc3C(=O)O)cc2)[nH]1. The minimum absolute atomic E-state index is 0.0738. The predicted molar refractivity (Wildman–Crippen MR) is 104 cm³/mol. The number of nitrogens with zero attached hydrogens (tertiary/aromatic N) is 1. The molecule has 0 bridgehead atoms. The third-order valence-corrected chi connectivity index (χ3v) is 4.51. The molecular weight excluding hydrogens is 324 g/mol. The van der Waals surface area contributed by atoms with Crippen LogP contribution in [-0.4, -0.2) is 21.0 Å². The highest BCUT2D eigenvalue weighted by molar-refractivity contribution is 5.95. The largest absolute Gasteiger partial charge is 0.478 e. The van der Waals surface area contributed by atoms with E-state index in [0.29, 0.717) is 5.56 Å². The van der Waals surface area contributed by atoms with E-state index < -0.39 is 5.97 Å². The first-order valence-corrected chi connectivity index (χ1v) is 8.80. The van der Waals surface area contributed by atoms with E-state index in [0.717, 1.165) is 35.5 Å². The minimum atomic E-state index is -0.905. The second kappa shape index (κ2) is 7.16. The molecule has 0 aliphatic rings. The summed E-state index contributed by atoms with van der Waals surface area (Å²) < 4.78 is 0. The molecule has 0 saturated heterocycles. The third-order valence-electron chi connectivity index (χ3n) is 4.51. The Morgan fingerprint density at radius 3 is 2.35 bits per heavy atom. The Morgan fingerprint density at radius 2 is 1.73 bits per heavy atom. The molecule has 0 spiro atoms. The molecule has 2 N–H and O–H groups in total. The maximum absolute atomic E-state index is 11.4. The van der Waals surface area contributed by atoms with Crippen molar-refractivity contribution in [3.05, 3.63) is 77.4 Å². The van der Waals surface area contributed by atoms with Gasteiger partial charge in [-0.05, 0) is 29.2 Å². The van der Waals surface area contributed by atoms with E-state index >= 15 is 0 Å². The van der Waals surface area contributed by atoms with E-state index in [2.05, 4.69) is 42.9 Å². The molecule has 26 heavy (non-hydrogen) atoms. The summed E-state index contributed by atoms with van der Waals surface area (Å²) in [5.41, 5.74) is 4.41. The summed E-state index contributed by atoms with van der Waals surface area (Å²) in [6.45, 7) is 6.49. The fraction of sp³-hybridized carbons (Fsp3) is 0.273. The van der Waals surface area contributed by atoms with Crippen LogP contribution in [0.25, 0.3) is 11.1 Å². The molecule has 0 radical (unpaired) electrons. The lowest BCUT2D eigenvalue weighted by Gasteiger charge is -2.15. The number of rotatable bonds is 5. The molecule has 1 aromatic heterocycles. The number of carboxylic acids is 1. The summed E-state index contributed by atoms with van der Waals surface area (Å²) in [7, 11) is 0. The molecule has 0 unspecified atom stereocenters. The highest BCUT2D eigenvalue weighted by Gasteiger charge is 2.16. The Kier molecular flexibility index (Phi) is 4.94. The summed E-state index contributed by atoms with van der Waals surface area (Å²) in [5.74, 6) is 0.0902. The first-order chi connectivity index (χ1) is 12.3. The van der Waals surface area contributed by atoms with Crippen LogP contribution in [0.4, 0.5) is 0 Å². The summed E-state index contributed by atoms with van der Waals surface area (Å²) in [6, 6.07) is 15.2. The Hall–Kier alpha value is -2.88. The predicted octanol–water partition coefficient (Wildman–Crippen LogP) is 4.86. The number of aryl methyl sites for hydroxylation is 2. The van der Waals surface area contributed by atoms with Gasteiger partial charge in [0.25, 0.3) is 0 Å². The number of carboxylic acid groups (broad SMARTS) is 1. The summed E-state index contributed by atoms with van der Waals surface area (Å²) in [4.78, 5) is 19.3. The van der Waals surface area contributed by atoms with Gasteiger partial charge in [0.15, 0.2) is 0 Å². The van der Waals surface area contributed by atoms with Gasteiger partial charge in [0.1, 0.15) is 5.82 Å². The number of imidazole rings is 1. The standard InChI is InChI=1S/C22H24N2O2/c1-22(2,3)19-14-23-20(24-19)13-10-15-8-11-16(12-9-15)17-6-4-5-7-18(17)21(25)26/h4-9,11-12,14H,10,13H2,1-3H3,(H,23,24)(H,25,26). The van der Waals surface area contributed by atoms with Gasteiger partial charge in [-0.15, -0.1) is 0 Å². The average Bonchev–Trinajstić information content (AvgIpc) is 3.10. The molecule has 0 aliphatic carbocycles. The van der Waals surface area contributed by atoms with Gasteiger partial charge in [0.05, 0.1) is 5.56 Å². The number of aromatic carboxylic acids is 1. The van der Waals surface area contributed by atoms with E-state index in [1.54, 1.807) is 12.1 Å². The quantitative estimate of drug-likeness (QED) is 0.692. The topological polar surface area (TPSA) is 66.0 Å². The summed E-state index contributed by atoms with van der Waals surface area (Å²) >= 11 is 0. The van der Waals surface area contributed by atoms with E-state index in [4.69, 9.17) is 0 Å². The molecule has 134 valence electrons. The van der Waals surface area contributed by atoms with Crippen LogP contribution in [0.5, 0.6) is 0 Å². The van der Waals surface area contributed by atoms with Gasteiger partial charge in [0.2, 0.25) is 0 Å². The van der Waals surface area contributed by atoms with E-state index in [1.807, 2.05) is 30.5 Å². The molecule has 3 rings (SSSR count). The summed E-state index contributed by atoms with van der Waals surface area (Å²) in [5, 5.41) is 9.34. The second-order valence-electron chi connectivity index (χ2n) is 7.54. The molecule has 4 heteroatoms. The number of aromatic amines is 1. The van der Waals surface area contributed by atoms with Gasteiger partial charge in [-0.2, -0.15) is 0 Å². The number of benzene rings is 2. The van der Waals surface area contributed by atoms with Crippen LogP contribution in [-0.2, 0) is 18.3 Å². The Morgan fingerprint density at radius 1 is 1.04 bits per heavy atom. The van der Waals surface area contributed by atoms with E-state index in [1.165, 1.54) is 5.56 Å². The van der Waals surface area contributed by atoms with Crippen molar-refractivity contribution in [2.45, 2.75) is 39.0 Å². The van der Waals surface area contributed by atoms with Crippen LogP contribution < -0.4 is 0 Å². The fourth-order valence-corrected chi connectivity index (χ4v) is 2.91. The zero-order chi connectivity index (χ0) is 18.7. The molecule has 2 aromatic carbocycles. The van der Waals surface area contributed by atoms with Crippen LogP contribution >= 0.6 is 0 Å². The van der Waals surface area contributed by atoms with Gasteiger partial charge in [0, 0.05) is 23.7 Å². The van der Waals surface area contributed by atoms with Gasteiger partial charge < -0.3 is 10.1 Å². The van der Waals surface area contributed by atoms with Crippen molar-refractivity contribution in [3.8, 4) is 11.1 Å². The van der Waals surface area contributed by atoms with Crippen LogP contribution in [0, 0.1) is 0 Å². The van der Waals surface area contributed by atoms with E-state index in [-0.39, 0.29) is 5.41 Å². The lowest BCUT2D eigenvalue weighted by atomic mass is 9.93. The highest BCUT2D eigenvalue weighted by atomic mass is 16.4. The molecule has 0 atom stereocenters. The number of H-pyrrole nitrogens is 1. The van der Waals surface area contributed by atoms with Crippen molar-refractivity contribution in [3.63, 3.8) is 0 Å². The highest BCUT2D eigenvalue weighted by Crippen LogP contribution is 2.24. The molecule has 0 fully saturated rings. The Balaban J connectivity index is 1.71. The zero-order valence-corrected chi connectivity index (χ0v) is 15.4. The fourth-order valence-electron chi connectivity index (χ4n) is 2.91. The average molecular weight is 348 g/mol. The van der Waals surface area contributed by atoms with E-state index in [9.17, 15) is 9.90 Å². The minimum Gasteiger partial charge on any atom is -0.478 e. The van der Waals surface area contributed by atoms with Crippen molar-refractivity contribution >= 4 is 5.97 Å². The molecule has 0 amide bonds. The first-order valence-electron chi connectivity index (χ1n) is 8.80. The number of hydrogen-bond acceptors (Lipinski definition) is 2. The molecule has 1 heterocycles. The van der Waals surface area contributed by atoms with Crippen LogP contribution in [0.1, 0.15) is 48.2 Å². The van der Waals surface area contributed by atoms with Crippen molar-refractivity contribution in [2.24, 2.45) is 0 Å². The molecule has 0 saturated carbocycles. The molecular formula is C22H24N2O2. The second-order valence-corrected chi connectivity index (χ2v) is 7.54. The van der Waals surface area contributed by atoms with Crippen LogP contribution in [0.2, 0.25) is 0 Å². The number of carbonyl (C=O) groups is 1. The monoisotopic (exact) mass is 348 g/mol. The normalized spacial score (nSPS) is 11.5. The lowest BCUT2D eigenvalue weighted by Crippen LogP contribution is -2.11. The Bertz CT molecular complexity index is 902. The van der Waals surface area contributed by atoms with Crippen molar-refractivity contribution < 1.29 is 9.90 Å². The van der Waals surface area contributed by atoms with Crippen LogP contribution in [0.3, 0.4) is 0 Å². The number of nitrogens with one attached hydrogen (secondary N) is 1. The third kappa shape index (κ3) is 4.02. The lowest BCUT2D eigenvalue weighted by molar-refractivity contribution is 0.0697. The van der Waals surface area contributed by atoms with Gasteiger partial charge in [-0.25, -0.2) is 9.78 Å². The maximum atomic E-state index is 11.4. The first kappa shape index (κ1) is 17.9. The van der Waals surface area contributed by atoms with Crippen molar-refractivity contribution in [1.29, 1.82) is 0 Å². The zero-order valence-electron chi connectivity index (χ0n) is 15.4. The number of aromatic nitrogens is 2. The Labute approximate surface area is 153 Å². The summed E-state index contributed by atoms with van der Waals surface area (Å²) in [6.07, 6.45) is 3.65. The van der Waals surface area contributed by atoms with Gasteiger partial charge in [-0.3, -0.25) is 0 Å². The number of hydrogen-bond donors (Lipinski definition) is 2.